The molecule has 0 saturated heterocycles. The normalized spacial score (nSPS) is 15.6. The van der Waals surface area contributed by atoms with Gasteiger partial charge in [0.1, 0.15) is 17.7 Å². The van der Waals surface area contributed by atoms with E-state index in [0.29, 0.717) is 18.7 Å². The fourth-order valence-electron chi connectivity index (χ4n) is 5.51. The molecule has 0 bridgehead atoms. The second-order valence-corrected chi connectivity index (χ2v) is 13.5. The first-order valence-electron chi connectivity index (χ1n) is 15.6. The van der Waals surface area contributed by atoms with Gasteiger partial charge in [-0.05, 0) is 83.4 Å². The van der Waals surface area contributed by atoms with Crippen molar-refractivity contribution < 1.29 is 19.1 Å². The molecule has 41 heavy (non-hydrogen) atoms. The minimum absolute atomic E-state index is 0.123. The highest BCUT2D eigenvalue weighted by atomic mass is 32.2. The average molecular weight is 590 g/mol. The lowest BCUT2D eigenvalue weighted by molar-refractivity contribution is -0.143. The van der Waals surface area contributed by atoms with Crippen molar-refractivity contribution in [1.82, 2.24) is 15.5 Å². The number of carbonyl (C=O) groups is 3. The van der Waals surface area contributed by atoms with Crippen molar-refractivity contribution in [3.8, 4) is 0 Å². The van der Waals surface area contributed by atoms with E-state index in [9.17, 15) is 14.4 Å². The van der Waals surface area contributed by atoms with Gasteiger partial charge in [-0.2, -0.15) is 11.8 Å². The molecule has 0 spiro atoms. The van der Waals surface area contributed by atoms with Crippen LogP contribution in [0.3, 0.4) is 0 Å². The Bertz CT molecular complexity index is 972. The zero-order chi connectivity index (χ0) is 30.4. The van der Waals surface area contributed by atoms with E-state index in [1.165, 1.54) is 6.42 Å². The molecule has 1 saturated carbocycles. The van der Waals surface area contributed by atoms with E-state index in [2.05, 4.69) is 23.6 Å². The van der Waals surface area contributed by atoms with Gasteiger partial charge in [0.05, 0.1) is 0 Å². The highest BCUT2D eigenvalue weighted by Gasteiger charge is 2.37. The predicted molar refractivity (Wildman–Crippen MR) is 170 cm³/mol. The van der Waals surface area contributed by atoms with Crippen LogP contribution in [0.4, 0.5) is 4.79 Å². The van der Waals surface area contributed by atoms with Crippen molar-refractivity contribution in [2.24, 2.45) is 0 Å². The van der Waals surface area contributed by atoms with Crippen LogP contribution in [0.5, 0.6) is 0 Å². The molecule has 7 nitrogen and oxygen atoms in total. The summed E-state index contributed by atoms with van der Waals surface area (Å²) in [5, 5.41) is 6.16. The van der Waals surface area contributed by atoms with Gasteiger partial charge in [0, 0.05) is 12.6 Å². The van der Waals surface area contributed by atoms with E-state index < -0.39 is 23.8 Å². The van der Waals surface area contributed by atoms with Crippen molar-refractivity contribution in [3.05, 3.63) is 34.9 Å². The van der Waals surface area contributed by atoms with Gasteiger partial charge in [-0.1, -0.05) is 75.6 Å². The van der Waals surface area contributed by atoms with Gasteiger partial charge in [0.2, 0.25) is 11.8 Å². The molecule has 2 unspecified atom stereocenters. The summed E-state index contributed by atoms with van der Waals surface area (Å²) in [4.78, 5) is 43.2. The molecular weight excluding hydrogens is 534 g/mol. The van der Waals surface area contributed by atoms with Crippen LogP contribution in [0.2, 0.25) is 0 Å². The van der Waals surface area contributed by atoms with Gasteiger partial charge in [-0.3, -0.25) is 9.59 Å². The number of hydrogen-bond donors (Lipinski definition) is 2. The first-order valence-corrected chi connectivity index (χ1v) is 17.0. The summed E-state index contributed by atoms with van der Waals surface area (Å²) in [6, 6.07) is 4.64. The topological polar surface area (TPSA) is 87.7 Å². The van der Waals surface area contributed by atoms with E-state index >= 15 is 0 Å². The average Bonchev–Trinajstić information content (AvgIpc) is 2.90. The summed E-state index contributed by atoms with van der Waals surface area (Å²) in [7, 11) is 0. The SMILES string of the molecule is CCCCCCCN(C(=O)C(CCSC)NC(=O)OC(C)(C)C)C(C(=O)NC1CCCCC1)c1ccc(C)cc1C. The number of nitrogens with zero attached hydrogens (tertiary/aromatic N) is 1. The number of ether oxygens (including phenoxy) is 1. The molecule has 1 fully saturated rings. The highest BCUT2D eigenvalue weighted by Crippen LogP contribution is 2.29. The molecule has 2 atom stereocenters. The molecule has 0 radical (unpaired) electrons. The Balaban J connectivity index is 2.48. The molecule has 1 aromatic carbocycles. The third kappa shape index (κ3) is 12.3. The maximum absolute atomic E-state index is 14.4. The Morgan fingerprint density at radius 2 is 1.73 bits per heavy atom. The predicted octanol–water partition coefficient (Wildman–Crippen LogP) is 7.24. The number of unbranched alkanes of at least 4 members (excludes halogenated alkanes) is 4. The summed E-state index contributed by atoms with van der Waals surface area (Å²) in [6.45, 7) is 12.1. The number of alkyl carbamates (subject to hydrolysis) is 1. The smallest absolute Gasteiger partial charge is 0.408 e. The van der Waals surface area contributed by atoms with Crippen LogP contribution >= 0.6 is 11.8 Å². The quantitative estimate of drug-likeness (QED) is 0.211. The molecule has 232 valence electrons. The monoisotopic (exact) mass is 589 g/mol. The third-order valence-electron chi connectivity index (χ3n) is 7.62. The van der Waals surface area contributed by atoms with Gasteiger partial charge < -0.3 is 20.3 Å². The van der Waals surface area contributed by atoms with Gasteiger partial charge in [0.15, 0.2) is 0 Å². The van der Waals surface area contributed by atoms with Crippen LogP contribution in [0, 0.1) is 13.8 Å². The molecule has 1 aliphatic rings. The Morgan fingerprint density at radius 1 is 1.05 bits per heavy atom. The summed E-state index contributed by atoms with van der Waals surface area (Å²) in [6.07, 6.45) is 12.3. The van der Waals surface area contributed by atoms with Crippen molar-refractivity contribution >= 4 is 29.7 Å². The fraction of sp³-hybridized carbons (Fsp3) is 0.727. The number of hydrogen-bond acceptors (Lipinski definition) is 5. The van der Waals surface area contributed by atoms with Crippen LogP contribution in [-0.2, 0) is 14.3 Å². The Labute approximate surface area is 253 Å². The standard InChI is InChI=1S/C33H55N3O4S/c1-8-9-10-11-15-21-36(31(38)28(20-22-41-7)35-32(39)40-33(4,5)6)29(27-19-18-24(2)23-25(27)3)30(37)34-26-16-13-12-14-17-26/h18-19,23,26,28-29H,8-17,20-22H2,1-7H3,(H,34,37)(H,35,39). The fourth-order valence-corrected chi connectivity index (χ4v) is 5.98. The van der Waals surface area contributed by atoms with Crippen molar-refractivity contribution in [1.29, 1.82) is 0 Å². The highest BCUT2D eigenvalue weighted by molar-refractivity contribution is 7.98. The molecule has 0 heterocycles. The first kappa shape index (κ1) is 35.0. The van der Waals surface area contributed by atoms with Gasteiger partial charge in [-0.25, -0.2) is 4.79 Å². The summed E-state index contributed by atoms with van der Waals surface area (Å²) in [5.41, 5.74) is 2.25. The van der Waals surface area contributed by atoms with Crippen LogP contribution < -0.4 is 10.6 Å². The lowest BCUT2D eigenvalue weighted by Crippen LogP contribution is -2.54. The number of amides is 3. The Kier molecular flexibility index (Phi) is 15.1. The maximum atomic E-state index is 14.4. The minimum atomic E-state index is -0.788. The van der Waals surface area contributed by atoms with E-state index in [1.54, 1.807) is 37.4 Å². The molecule has 0 aliphatic heterocycles. The second kappa shape index (κ2) is 17.7. The summed E-state index contributed by atoms with van der Waals surface area (Å²) < 4.78 is 5.52. The maximum Gasteiger partial charge on any atom is 0.408 e. The van der Waals surface area contributed by atoms with Gasteiger partial charge >= 0.3 is 6.09 Å². The van der Waals surface area contributed by atoms with Crippen LogP contribution in [0.1, 0.15) is 121 Å². The van der Waals surface area contributed by atoms with E-state index in [-0.39, 0.29) is 17.9 Å². The second-order valence-electron chi connectivity index (χ2n) is 12.5. The van der Waals surface area contributed by atoms with E-state index in [1.807, 2.05) is 32.2 Å². The number of aryl methyl sites for hydroxylation is 2. The zero-order valence-electron chi connectivity index (χ0n) is 26.6. The van der Waals surface area contributed by atoms with Crippen LogP contribution in [0.25, 0.3) is 0 Å². The van der Waals surface area contributed by atoms with Crippen LogP contribution in [0.15, 0.2) is 18.2 Å². The van der Waals surface area contributed by atoms with Gasteiger partial charge in [0.25, 0.3) is 0 Å². The number of nitrogens with one attached hydrogen (secondary N) is 2. The molecule has 1 aliphatic carbocycles. The van der Waals surface area contributed by atoms with Crippen molar-refractivity contribution in [3.63, 3.8) is 0 Å². The van der Waals surface area contributed by atoms with E-state index in [0.717, 1.165) is 74.5 Å². The van der Waals surface area contributed by atoms with Crippen molar-refractivity contribution in [2.75, 3.05) is 18.6 Å². The third-order valence-corrected chi connectivity index (χ3v) is 8.26. The molecule has 2 N–H and O–H groups in total. The van der Waals surface area contributed by atoms with Gasteiger partial charge in [-0.15, -0.1) is 0 Å². The molecule has 1 aromatic rings. The lowest BCUT2D eigenvalue weighted by Gasteiger charge is -2.36. The molecule has 8 heteroatoms. The Hall–Kier alpha value is -2.22. The summed E-state index contributed by atoms with van der Waals surface area (Å²) >= 11 is 1.62. The number of rotatable bonds is 15. The first-order chi connectivity index (χ1) is 19.5. The largest absolute Gasteiger partial charge is 0.444 e. The van der Waals surface area contributed by atoms with E-state index in [4.69, 9.17) is 4.74 Å². The number of carbonyl (C=O) groups excluding carboxylic acids is 3. The number of benzene rings is 1. The molecule has 3 amide bonds. The molecule has 2 rings (SSSR count). The summed E-state index contributed by atoms with van der Waals surface area (Å²) in [5.74, 6) is 0.329. The minimum Gasteiger partial charge on any atom is -0.444 e. The molecular formula is C33H55N3O4S. The number of thioether (sulfide) groups is 1. The van der Waals surface area contributed by atoms with Crippen molar-refractivity contribution in [2.45, 2.75) is 136 Å². The molecule has 0 aromatic heterocycles. The Morgan fingerprint density at radius 3 is 2.34 bits per heavy atom. The zero-order valence-corrected chi connectivity index (χ0v) is 27.5. The van der Waals surface area contributed by atoms with Crippen LogP contribution in [-0.4, -0.2) is 59.0 Å². The lowest BCUT2D eigenvalue weighted by atomic mass is 9.93.